The van der Waals surface area contributed by atoms with Crippen LogP contribution in [0.25, 0.3) is 0 Å². The maximum absolute atomic E-state index is 13.5. The quantitative estimate of drug-likeness (QED) is 0.0195. The molecule has 1 amide bonds. The standard InChI is InChI=1S/C67H129NO10/c1-4-7-10-13-16-19-22-25-26-27-28-29-30-31-32-33-34-35-37-39-42-45-48-51-54-60(71)66(75)68-58(59(70)53-50-47-44-41-38-24-21-18-15-12-9-6-3)57-76-67-65(64(74)63(73)61(56-69)77-67)78-62(72)55-52-49-46-43-40-36-23-20-17-14-11-8-5-2/h50,53,58-61,63-65,67,69-71,73-74H,4-49,51-52,54-57H2,1-3H3,(H,68,75)/b53-50+. The number of aliphatic hydroxyl groups excluding tert-OH is 5. The highest BCUT2D eigenvalue weighted by molar-refractivity contribution is 5.80. The molecule has 0 bridgehead atoms. The molecule has 11 heteroatoms. The number of ether oxygens (including phenoxy) is 3. The Balaban J connectivity index is 2.56. The number of carbonyl (C=O) groups is 2. The van der Waals surface area contributed by atoms with Crippen molar-refractivity contribution in [1.82, 2.24) is 5.32 Å². The molecule has 8 atom stereocenters. The van der Waals surface area contributed by atoms with E-state index < -0.39 is 67.4 Å². The minimum absolute atomic E-state index is 0.131. The van der Waals surface area contributed by atoms with Crippen molar-refractivity contribution in [1.29, 1.82) is 0 Å². The predicted octanol–water partition coefficient (Wildman–Crippen LogP) is 16.7. The fraction of sp³-hybridized carbons (Fsp3) is 0.940. The highest BCUT2D eigenvalue weighted by Gasteiger charge is 2.47. The molecule has 0 aliphatic carbocycles. The van der Waals surface area contributed by atoms with Gasteiger partial charge in [0.05, 0.1) is 25.4 Å². The number of allylic oxidation sites excluding steroid dienone is 1. The van der Waals surface area contributed by atoms with Gasteiger partial charge in [0.15, 0.2) is 12.4 Å². The molecule has 0 aromatic heterocycles. The number of unbranched alkanes of at least 4 members (excludes halogenated alkanes) is 45. The number of hydrogen-bond acceptors (Lipinski definition) is 10. The Kier molecular flexibility index (Phi) is 53.3. The summed E-state index contributed by atoms with van der Waals surface area (Å²) in [5, 5.41) is 57.1. The largest absolute Gasteiger partial charge is 0.454 e. The minimum atomic E-state index is -1.61. The summed E-state index contributed by atoms with van der Waals surface area (Å²) in [6.07, 6.45) is 54.1. The average molecular weight is 1110 g/mol. The number of esters is 1. The summed E-state index contributed by atoms with van der Waals surface area (Å²) < 4.78 is 17.6. The highest BCUT2D eigenvalue weighted by atomic mass is 16.7. The van der Waals surface area contributed by atoms with Crippen molar-refractivity contribution in [3.8, 4) is 0 Å². The molecular formula is C67H129NO10. The van der Waals surface area contributed by atoms with Gasteiger partial charge in [0.1, 0.15) is 24.4 Å². The average Bonchev–Trinajstić information content (AvgIpc) is 3.45. The molecule has 6 N–H and O–H groups in total. The van der Waals surface area contributed by atoms with Crippen molar-refractivity contribution in [2.24, 2.45) is 0 Å². The van der Waals surface area contributed by atoms with E-state index in [4.69, 9.17) is 14.2 Å². The first kappa shape index (κ1) is 74.4. The second kappa shape index (κ2) is 55.9. The van der Waals surface area contributed by atoms with Crippen molar-refractivity contribution < 1.29 is 49.3 Å². The van der Waals surface area contributed by atoms with Crippen LogP contribution in [0.5, 0.6) is 0 Å². The van der Waals surface area contributed by atoms with E-state index in [0.29, 0.717) is 19.3 Å². The summed E-state index contributed by atoms with van der Waals surface area (Å²) in [6.45, 7) is 5.83. The van der Waals surface area contributed by atoms with E-state index >= 15 is 0 Å². The number of nitrogens with one attached hydrogen (secondary N) is 1. The molecule has 0 spiro atoms. The van der Waals surface area contributed by atoms with Gasteiger partial charge in [0, 0.05) is 6.42 Å². The summed E-state index contributed by atoms with van der Waals surface area (Å²) in [6, 6.07) is -1.02. The van der Waals surface area contributed by atoms with Crippen LogP contribution < -0.4 is 5.32 Å². The second-order valence-electron chi connectivity index (χ2n) is 23.9. The van der Waals surface area contributed by atoms with Crippen molar-refractivity contribution in [2.75, 3.05) is 13.2 Å². The van der Waals surface area contributed by atoms with Crippen molar-refractivity contribution in [3.63, 3.8) is 0 Å². The van der Waals surface area contributed by atoms with Crippen molar-refractivity contribution in [3.05, 3.63) is 12.2 Å². The lowest BCUT2D eigenvalue weighted by atomic mass is 9.99. The predicted molar refractivity (Wildman–Crippen MR) is 325 cm³/mol. The van der Waals surface area contributed by atoms with E-state index in [9.17, 15) is 35.1 Å². The minimum Gasteiger partial charge on any atom is -0.454 e. The van der Waals surface area contributed by atoms with Crippen LogP contribution in [0.1, 0.15) is 342 Å². The Morgan fingerprint density at radius 2 is 0.833 bits per heavy atom. The molecule has 1 fully saturated rings. The lowest BCUT2D eigenvalue weighted by molar-refractivity contribution is -0.305. The SMILES string of the molecule is CCCCCCCCCCCC/C=C/C(O)C(COC1OC(CO)C(O)C(O)C1OC(=O)CCCCCCCCCCCCCCC)NC(=O)C(O)CCCCCCCCCCCCCCCCCCCCCCCCCC. The molecule has 11 nitrogen and oxygen atoms in total. The normalized spacial score (nSPS) is 18.9. The third kappa shape index (κ3) is 43.1. The van der Waals surface area contributed by atoms with Gasteiger partial charge < -0.3 is 45.1 Å². The smallest absolute Gasteiger partial charge is 0.306 e. The molecule has 1 heterocycles. The van der Waals surface area contributed by atoms with E-state index in [-0.39, 0.29) is 13.0 Å². The molecule has 1 aliphatic heterocycles. The van der Waals surface area contributed by atoms with E-state index in [0.717, 1.165) is 57.8 Å². The zero-order chi connectivity index (χ0) is 56.8. The molecule has 1 rings (SSSR count). The first-order valence-electron chi connectivity index (χ1n) is 34.0. The molecule has 0 radical (unpaired) electrons. The Hall–Kier alpha value is -1.60. The van der Waals surface area contributed by atoms with Gasteiger partial charge in [-0.2, -0.15) is 0 Å². The van der Waals surface area contributed by atoms with Gasteiger partial charge in [0.2, 0.25) is 5.91 Å². The van der Waals surface area contributed by atoms with Crippen molar-refractivity contribution in [2.45, 2.75) is 391 Å². The van der Waals surface area contributed by atoms with Gasteiger partial charge in [-0.1, -0.05) is 322 Å². The third-order valence-corrected chi connectivity index (χ3v) is 16.4. The lowest BCUT2D eigenvalue weighted by Gasteiger charge is -2.41. The maximum Gasteiger partial charge on any atom is 0.306 e. The summed E-state index contributed by atoms with van der Waals surface area (Å²) in [5.41, 5.74) is 0. The first-order chi connectivity index (χ1) is 38.2. The first-order valence-corrected chi connectivity index (χ1v) is 34.0. The highest BCUT2D eigenvalue weighted by Crippen LogP contribution is 2.26. The van der Waals surface area contributed by atoms with Gasteiger partial charge in [-0.25, -0.2) is 0 Å². The van der Waals surface area contributed by atoms with Gasteiger partial charge >= 0.3 is 5.97 Å². The molecule has 462 valence electrons. The zero-order valence-corrected chi connectivity index (χ0v) is 51.3. The van der Waals surface area contributed by atoms with Gasteiger partial charge in [-0.3, -0.25) is 9.59 Å². The van der Waals surface area contributed by atoms with Crippen LogP contribution in [-0.4, -0.2) is 99.6 Å². The number of amides is 1. The third-order valence-electron chi connectivity index (χ3n) is 16.4. The van der Waals surface area contributed by atoms with E-state index in [1.807, 2.05) is 6.08 Å². The lowest BCUT2D eigenvalue weighted by Crippen LogP contribution is -2.61. The molecule has 8 unspecified atom stereocenters. The summed E-state index contributed by atoms with van der Waals surface area (Å²) >= 11 is 0. The maximum atomic E-state index is 13.5. The summed E-state index contributed by atoms with van der Waals surface area (Å²) in [7, 11) is 0. The van der Waals surface area contributed by atoms with E-state index in [2.05, 4.69) is 26.1 Å². The van der Waals surface area contributed by atoms with E-state index in [1.165, 1.54) is 238 Å². The Morgan fingerprint density at radius 1 is 0.487 bits per heavy atom. The molecule has 0 aromatic carbocycles. The number of aliphatic hydroxyl groups is 5. The topological polar surface area (TPSA) is 175 Å². The molecule has 0 aromatic rings. The second-order valence-corrected chi connectivity index (χ2v) is 23.9. The van der Waals surface area contributed by atoms with Gasteiger partial charge in [-0.15, -0.1) is 0 Å². The Bertz CT molecular complexity index is 1320. The fourth-order valence-corrected chi connectivity index (χ4v) is 11.1. The number of carbonyl (C=O) groups excluding carboxylic acids is 2. The molecule has 78 heavy (non-hydrogen) atoms. The van der Waals surface area contributed by atoms with E-state index in [1.54, 1.807) is 6.08 Å². The zero-order valence-electron chi connectivity index (χ0n) is 51.3. The van der Waals surface area contributed by atoms with Gasteiger partial charge in [-0.05, 0) is 25.7 Å². The van der Waals surface area contributed by atoms with Crippen LogP contribution in [-0.2, 0) is 23.8 Å². The number of hydrogen-bond donors (Lipinski definition) is 6. The van der Waals surface area contributed by atoms with Crippen LogP contribution in [0, 0.1) is 0 Å². The van der Waals surface area contributed by atoms with Crippen LogP contribution >= 0.6 is 0 Å². The summed E-state index contributed by atoms with van der Waals surface area (Å²) in [5.74, 6) is -1.17. The molecular weight excluding hydrogens is 979 g/mol. The van der Waals surface area contributed by atoms with Crippen molar-refractivity contribution >= 4 is 11.9 Å². The molecule has 0 saturated carbocycles. The fourth-order valence-electron chi connectivity index (χ4n) is 11.1. The van der Waals surface area contributed by atoms with Crippen LogP contribution in [0.15, 0.2) is 12.2 Å². The molecule has 1 aliphatic rings. The number of rotatable bonds is 59. The Labute approximate surface area is 480 Å². The van der Waals surface area contributed by atoms with Crippen LogP contribution in [0.3, 0.4) is 0 Å². The molecule has 1 saturated heterocycles. The summed E-state index contributed by atoms with van der Waals surface area (Å²) in [4.78, 5) is 26.6. The van der Waals surface area contributed by atoms with Crippen LogP contribution in [0.4, 0.5) is 0 Å². The Morgan fingerprint density at radius 3 is 1.21 bits per heavy atom. The van der Waals surface area contributed by atoms with Crippen LogP contribution in [0.2, 0.25) is 0 Å². The monoisotopic (exact) mass is 1110 g/mol. The van der Waals surface area contributed by atoms with Gasteiger partial charge in [0.25, 0.3) is 0 Å².